The molecule has 0 unspecified atom stereocenters. The fourth-order valence-electron chi connectivity index (χ4n) is 3.73. The largest absolute Gasteiger partial charge is 0.381 e. The minimum Gasteiger partial charge on any atom is -0.381 e. The van der Waals surface area contributed by atoms with Gasteiger partial charge in [-0.05, 0) is 24.6 Å². The first-order chi connectivity index (χ1) is 14.1. The van der Waals surface area contributed by atoms with Crippen molar-refractivity contribution >= 4 is 16.9 Å². The smallest absolute Gasteiger partial charge is 0.225 e. The summed E-state index contributed by atoms with van der Waals surface area (Å²) in [7, 11) is 0. The molecule has 152 valence electrons. The molecule has 0 bridgehead atoms. The Morgan fingerprint density at radius 3 is 2.90 bits per heavy atom. The minimum atomic E-state index is -0.879. The molecule has 0 fully saturated rings. The fourth-order valence-corrected chi connectivity index (χ4v) is 3.73. The lowest BCUT2D eigenvalue weighted by Gasteiger charge is -2.28. The molecule has 1 amide bonds. The predicted molar refractivity (Wildman–Crippen MR) is 106 cm³/mol. The summed E-state index contributed by atoms with van der Waals surface area (Å²) in [6.45, 7) is 4.92. The van der Waals surface area contributed by atoms with Crippen LogP contribution in [0.1, 0.15) is 25.5 Å². The van der Waals surface area contributed by atoms with E-state index in [0.29, 0.717) is 44.8 Å². The van der Waals surface area contributed by atoms with Gasteiger partial charge in [0.2, 0.25) is 5.91 Å². The molecule has 7 heteroatoms. The second-order valence-corrected chi connectivity index (χ2v) is 7.20. The summed E-state index contributed by atoms with van der Waals surface area (Å²) in [5, 5.41) is 0.849. The Bertz CT molecular complexity index is 1050. The summed E-state index contributed by atoms with van der Waals surface area (Å²) in [5.74, 6) is -1.68. The zero-order chi connectivity index (χ0) is 20.4. The van der Waals surface area contributed by atoms with Crippen molar-refractivity contribution in [1.82, 2.24) is 14.5 Å². The molecular formula is C22H23F2N3O2. The highest BCUT2D eigenvalue weighted by Gasteiger charge is 2.23. The summed E-state index contributed by atoms with van der Waals surface area (Å²) in [4.78, 5) is 18.8. The highest BCUT2D eigenvalue weighted by molar-refractivity contribution is 5.83. The van der Waals surface area contributed by atoms with Gasteiger partial charge >= 0.3 is 0 Å². The Hall–Kier alpha value is -2.80. The van der Waals surface area contributed by atoms with Gasteiger partial charge in [0, 0.05) is 48.1 Å². The van der Waals surface area contributed by atoms with E-state index < -0.39 is 11.6 Å². The van der Waals surface area contributed by atoms with Crippen LogP contribution >= 0.6 is 0 Å². The first kappa shape index (κ1) is 19.5. The van der Waals surface area contributed by atoms with Crippen molar-refractivity contribution in [1.29, 1.82) is 0 Å². The van der Waals surface area contributed by atoms with Crippen LogP contribution in [0.25, 0.3) is 22.2 Å². The SMILES string of the molecule is CCCOCCC(=O)N1CCn2c(cc3cc(-c4cccc(F)c4F)cnc32)C1. The molecule has 4 rings (SSSR count). The molecule has 2 aromatic heterocycles. The van der Waals surface area contributed by atoms with Crippen LogP contribution in [0.3, 0.4) is 0 Å². The van der Waals surface area contributed by atoms with E-state index in [0.717, 1.165) is 29.2 Å². The standard InChI is InChI=1S/C22H23F2N3O2/c1-2-9-29-10-6-20(28)26-7-8-27-17(14-26)12-15-11-16(13-25-22(15)27)18-4-3-5-19(23)21(18)24/h3-5,11-13H,2,6-10,14H2,1H3. The Labute approximate surface area is 167 Å². The van der Waals surface area contributed by atoms with Crippen molar-refractivity contribution in [2.75, 3.05) is 19.8 Å². The molecule has 0 spiro atoms. The van der Waals surface area contributed by atoms with Gasteiger partial charge in [-0.25, -0.2) is 13.8 Å². The van der Waals surface area contributed by atoms with Crippen LogP contribution in [0.5, 0.6) is 0 Å². The quantitative estimate of drug-likeness (QED) is 0.586. The molecule has 0 atom stereocenters. The summed E-state index contributed by atoms with van der Waals surface area (Å²) in [6.07, 6.45) is 2.88. The lowest BCUT2D eigenvalue weighted by Crippen LogP contribution is -2.38. The van der Waals surface area contributed by atoms with Gasteiger partial charge in [-0.15, -0.1) is 0 Å². The van der Waals surface area contributed by atoms with Crippen molar-refractivity contribution in [3.63, 3.8) is 0 Å². The Morgan fingerprint density at radius 1 is 1.21 bits per heavy atom. The van der Waals surface area contributed by atoms with Crippen molar-refractivity contribution < 1.29 is 18.3 Å². The number of ether oxygens (including phenoxy) is 1. The van der Waals surface area contributed by atoms with Crippen LogP contribution in [0.15, 0.2) is 36.5 Å². The zero-order valence-electron chi connectivity index (χ0n) is 16.3. The fraction of sp³-hybridized carbons (Fsp3) is 0.364. The van der Waals surface area contributed by atoms with Crippen LogP contribution in [0.4, 0.5) is 8.78 Å². The second kappa shape index (κ2) is 8.29. The van der Waals surface area contributed by atoms with Crippen LogP contribution in [0.2, 0.25) is 0 Å². The maximum Gasteiger partial charge on any atom is 0.225 e. The number of hydrogen-bond acceptors (Lipinski definition) is 3. The van der Waals surface area contributed by atoms with Crippen molar-refractivity contribution in [2.45, 2.75) is 32.9 Å². The van der Waals surface area contributed by atoms with E-state index in [-0.39, 0.29) is 11.5 Å². The normalized spacial score (nSPS) is 13.7. The van der Waals surface area contributed by atoms with Gasteiger partial charge in [0.25, 0.3) is 0 Å². The minimum absolute atomic E-state index is 0.0769. The molecule has 1 aliphatic heterocycles. The first-order valence-corrected chi connectivity index (χ1v) is 9.86. The average Bonchev–Trinajstić information content (AvgIpc) is 3.10. The van der Waals surface area contributed by atoms with Crippen molar-refractivity contribution in [3.05, 3.63) is 53.9 Å². The number of aromatic nitrogens is 2. The molecule has 1 aliphatic rings. The Kier molecular flexibility index (Phi) is 5.58. The highest BCUT2D eigenvalue weighted by Crippen LogP contribution is 2.29. The summed E-state index contributed by atoms with van der Waals surface area (Å²) >= 11 is 0. The van der Waals surface area contributed by atoms with E-state index in [1.54, 1.807) is 6.20 Å². The van der Waals surface area contributed by atoms with Gasteiger partial charge in [-0.2, -0.15) is 0 Å². The van der Waals surface area contributed by atoms with Crippen molar-refractivity contribution in [3.8, 4) is 11.1 Å². The van der Waals surface area contributed by atoms with Gasteiger partial charge < -0.3 is 14.2 Å². The number of fused-ring (bicyclic) bond motifs is 3. The number of nitrogens with zero attached hydrogens (tertiary/aromatic N) is 3. The van der Waals surface area contributed by atoms with Crippen LogP contribution in [0, 0.1) is 11.6 Å². The van der Waals surface area contributed by atoms with Gasteiger partial charge in [-0.3, -0.25) is 4.79 Å². The Morgan fingerprint density at radius 2 is 2.07 bits per heavy atom. The van der Waals surface area contributed by atoms with Crippen molar-refractivity contribution in [2.24, 2.45) is 0 Å². The molecule has 1 aromatic carbocycles. The molecule has 0 radical (unpaired) electrons. The number of carbonyl (C=O) groups excluding carboxylic acids is 1. The summed E-state index contributed by atoms with van der Waals surface area (Å²) < 4.78 is 35.2. The van der Waals surface area contributed by atoms with Gasteiger partial charge in [0.15, 0.2) is 11.6 Å². The van der Waals surface area contributed by atoms with E-state index in [1.807, 2.05) is 24.0 Å². The molecule has 3 aromatic rings. The van der Waals surface area contributed by atoms with Crippen LogP contribution in [-0.2, 0) is 22.6 Å². The number of amides is 1. The molecule has 0 saturated heterocycles. The highest BCUT2D eigenvalue weighted by atomic mass is 19.2. The third-order valence-electron chi connectivity index (χ3n) is 5.19. The van der Waals surface area contributed by atoms with E-state index in [4.69, 9.17) is 4.74 Å². The number of halogens is 2. The van der Waals surface area contributed by atoms with Gasteiger partial charge in [0.1, 0.15) is 5.65 Å². The molecule has 0 saturated carbocycles. The molecule has 29 heavy (non-hydrogen) atoms. The molecule has 0 aliphatic carbocycles. The second-order valence-electron chi connectivity index (χ2n) is 7.20. The lowest BCUT2D eigenvalue weighted by molar-refractivity contribution is -0.133. The molecular weight excluding hydrogens is 376 g/mol. The van der Waals surface area contributed by atoms with Crippen LogP contribution < -0.4 is 0 Å². The van der Waals surface area contributed by atoms with E-state index in [9.17, 15) is 13.6 Å². The van der Waals surface area contributed by atoms with Gasteiger partial charge in [0.05, 0.1) is 19.6 Å². The summed E-state index contributed by atoms with van der Waals surface area (Å²) in [6, 6.07) is 7.90. The topological polar surface area (TPSA) is 47.4 Å². The van der Waals surface area contributed by atoms with E-state index in [1.165, 1.54) is 12.1 Å². The summed E-state index contributed by atoms with van der Waals surface area (Å²) in [5.41, 5.74) is 2.49. The number of rotatable bonds is 6. The molecule has 3 heterocycles. The average molecular weight is 399 g/mol. The van der Waals surface area contributed by atoms with Crippen LogP contribution in [-0.4, -0.2) is 40.1 Å². The number of carbonyl (C=O) groups is 1. The maximum atomic E-state index is 14.1. The maximum absolute atomic E-state index is 14.1. The number of pyridine rings is 1. The third-order valence-corrected chi connectivity index (χ3v) is 5.19. The predicted octanol–water partition coefficient (Wildman–Crippen LogP) is 4.14. The third kappa shape index (κ3) is 3.87. The van der Waals surface area contributed by atoms with E-state index in [2.05, 4.69) is 9.55 Å². The Balaban J connectivity index is 1.55. The number of hydrogen-bond donors (Lipinski definition) is 0. The molecule has 5 nitrogen and oxygen atoms in total. The van der Waals surface area contributed by atoms with Gasteiger partial charge in [-0.1, -0.05) is 19.1 Å². The monoisotopic (exact) mass is 399 g/mol. The lowest BCUT2D eigenvalue weighted by atomic mass is 10.1. The molecule has 0 N–H and O–H groups in total. The zero-order valence-corrected chi connectivity index (χ0v) is 16.3. The number of benzene rings is 1. The van der Waals surface area contributed by atoms with E-state index >= 15 is 0 Å². The first-order valence-electron chi connectivity index (χ1n) is 9.86.